The maximum atomic E-state index is 11.9. The van der Waals surface area contributed by atoms with Crippen LogP contribution >= 0.6 is 0 Å². The number of carbonyl (C=O) groups excluding carboxylic acids is 2. The number of Topliss-reactive ketones (excluding diaryl/α,β-unsaturated/α-hetero) is 1. The molecule has 0 aromatic heterocycles. The Balaban J connectivity index is 2.77. The second-order valence-electron chi connectivity index (χ2n) is 3.64. The van der Waals surface area contributed by atoms with Gasteiger partial charge in [-0.2, -0.15) is 0 Å². The highest BCUT2D eigenvalue weighted by Crippen LogP contribution is 2.27. The van der Waals surface area contributed by atoms with E-state index in [0.717, 1.165) is 0 Å². The van der Waals surface area contributed by atoms with Gasteiger partial charge < -0.3 is 14.2 Å². The lowest BCUT2D eigenvalue weighted by Crippen LogP contribution is -2.11. The summed E-state index contributed by atoms with van der Waals surface area (Å²) in [6.07, 6.45) is 1.13. The van der Waals surface area contributed by atoms with Crippen LogP contribution in [0.5, 0.6) is 11.5 Å². The molecule has 0 radical (unpaired) electrons. The third kappa shape index (κ3) is 4.13. The number of rotatable bonds is 7. The largest absolute Gasteiger partial charge is 0.493 e. The number of hydrogen-bond acceptors (Lipinski definition) is 5. The molecule has 102 valence electrons. The summed E-state index contributed by atoms with van der Waals surface area (Å²) in [5.74, 6) is 0.0378. The molecular formula is C14H16O5. The van der Waals surface area contributed by atoms with E-state index < -0.39 is 5.97 Å². The molecular weight excluding hydrogens is 248 g/mol. The Morgan fingerprint density at radius 2 is 1.89 bits per heavy atom. The molecule has 0 amide bonds. The van der Waals surface area contributed by atoms with Crippen LogP contribution < -0.4 is 9.47 Å². The Hall–Kier alpha value is -2.30. The summed E-state index contributed by atoms with van der Waals surface area (Å²) in [6, 6.07) is 4.72. The molecule has 0 heterocycles. The minimum absolute atomic E-state index is 0.0953. The topological polar surface area (TPSA) is 61.8 Å². The van der Waals surface area contributed by atoms with Crippen LogP contribution in [0.3, 0.4) is 0 Å². The highest BCUT2D eigenvalue weighted by molar-refractivity contribution is 6.06. The number of hydrogen-bond donors (Lipinski definition) is 0. The Labute approximate surface area is 111 Å². The Morgan fingerprint density at radius 3 is 2.47 bits per heavy atom. The maximum Gasteiger partial charge on any atom is 0.314 e. The summed E-state index contributed by atoms with van der Waals surface area (Å²) in [7, 11) is 2.98. The van der Waals surface area contributed by atoms with Gasteiger partial charge in [0, 0.05) is 5.56 Å². The van der Waals surface area contributed by atoms with Crippen LogP contribution in [0.1, 0.15) is 16.8 Å². The number of benzene rings is 1. The number of ketones is 1. The number of ether oxygens (including phenoxy) is 3. The second-order valence-corrected chi connectivity index (χ2v) is 3.64. The van der Waals surface area contributed by atoms with Crippen LogP contribution in [0, 0.1) is 0 Å². The SMILES string of the molecule is C=CCOC(=O)CC(=O)c1ccc(OC)c(OC)c1. The molecule has 1 rings (SSSR count). The Bertz CT molecular complexity index is 479. The first-order chi connectivity index (χ1) is 9.12. The summed E-state index contributed by atoms with van der Waals surface area (Å²) >= 11 is 0. The predicted octanol–water partition coefficient (Wildman–Crippen LogP) is 2.01. The van der Waals surface area contributed by atoms with Crippen LogP contribution in [-0.4, -0.2) is 32.6 Å². The molecule has 0 aliphatic rings. The molecule has 0 fully saturated rings. The molecule has 0 unspecified atom stereocenters. The monoisotopic (exact) mass is 264 g/mol. The van der Waals surface area contributed by atoms with Crippen molar-refractivity contribution in [2.45, 2.75) is 6.42 Å². The fourth-order valence-corrected chi connectivity index (χ4v) is 1.45. The molecule has 0 bridgehead atoms. The van der Waals surface area contributed by atoms with E-state index in [2.05, 4.69) is 6.58 Å². The minimum Gasteiger partial charge on any atom is -0.493 e. The van der Waals surface area contributed by atoms with Gasteiger partial charge in [0.1, 0.15) is 13.0 Å². The molecule has 0 aliphatic carbocycles. The van der Waals surface area contributed by atoms with E-state index in [-0.39, 0.29) is 18.8 Å². The number of esters is 1. The predicted molar refractivity (Wildman–Crippen MR) is 69.6 cm³/mol. The van der Waals surface area contributed by atoms with Crippen molar-refractivity contribution in [1.82, 2.24) is 0 Å². The van der Waals surface area contributed by atoms with Gasteiger partial charge in [-0.15, -0.1) is 0 Å². The molecule has 0 aliphatic heterocycles. The van der Waals surface area contributed by atoms with Crippen molar-refractivity contribution < 1.29 is 23.8 Å². The minimum atomic E-state index is -0.584. The van der Waals surface area contributed by atoms with E-state index in [9.17, 15) is 9.59 Å². The van der Waals surface area contributed by atoms with Crippen LogP contribution in [-0.2, 0) is 9.53 Å². The van der Waals surface area contributed by atoms with Crippen LogP contribution in [0.15, 0.2) is 30.9 Å². The summed E-state index contributed by atoms with van der Waals surface area (Å²) < 4.78 is 14.9. The van der Waals surface area contributed by atoms with E-state index >= 15 is 0 Å². The van der Waals surface area contributed by atoms with Crippen LogP contribution in [0.4, 0.5) is 0 Å². The van der Waals surface area contributed by atoms with Crippen LogP contribution in [0.25, 0.3) is 0 Å². The first kappa shape index (κ1) is 14.8. The van der Waals surface area contributed by atoms with Crippen molar-refractivity contribution in [2.24, 2.45) is 0 Å². The standard InChI is InChI=1S/C14H16O5/c1-4-7-19-14(16)9-11(15)10-5-6-12(17-2)13(8-10)18-3/h4-6,8H,1,7,9H2,2-3H3. The van der Waals surface area contributed by atoms with Gasteiger partial charge in [0.05, 0.1) is 14.2 Å². The molecule has 0 atom stereocenters. The first-order valence-electron chi connectivity index (χ1n) is 5.64. The molecule has 0 saturated heterocycles. The molecule has 5 nitrogen and oxygen atoms in total. The van der Waals surface area contributed by atoms with Crippen molar-refractivity contribution in [3.05, 3.63) is 36.4 Å². The molecule has 1 aromatic rings. The van der Waals surface area contributed by atoms with Gasteiger partial charge in [-0.3, -0.25) is 9.59 Å². The fourth-order valence-electron chi connectivity index (χ4n) is 1.45. The zero-order valence-electron chi connectivity index (χ0n) is 11.0. The smallest absolute Gasteiger partial charge is 0.314 e. The maximum absolute atomic E-state index is 11.9. The lowest BCUT2D eigenvalue weighted by molar-refractivity contribution is -0.141. The van der Waals surface area contributed by atoms with E-state index in [4.69, 9.17) is 14.2 Å². The van der Waals surface area contributed by atoms with Gasteiger partial charge in [-0.25, -0.2) is 0 Å². The van der Waals surface area contributed by atoms with Crippen molar-refractivity contribution in [1.29, 1.82) is 0 Å². The zero-order chi connectivity index (χ0) is 14.3. The summed E-state index contributed by atoms with van der Waals surface area (Å²) in [4.78, 5) is 23.2. The van der Waals surface area contributed by atoms with Crippen molar-refractivity contribution in [2.75, 3.05) is 20.8 Å². The lowest BCUT2D eigenvalue weighted by Gasteiger charge is -2.08. The zero-order valence-corrected chi connectivity index (χ0v) is 11.0. The van der Waals surface area contributed by atoms with Gasteiger partial charge in [-0.1, -0.05) is 12.7 Å². The van der Waals surface area contributed by atoms with Gasteiger partial charge >= 0.3 is 5.97 Å². The molecule has 5 heteroatoms. The third-order valence-electron chi connectivity index (χ3n) is 2.37. The van der Waals surface area contributed by atoms with Gasteiger partial charge in [0.15, 0.2) is 17.3 Å². The average Bonchev–Trinajstić information content (AvgIpc) is 2.44. The first-order valence-corrected chi connectivity index (χ1v) is 5.64. The lowest BCUT2D eigenvalue weighted by atomic mass is 10.1. The molecule has 0 saturated carbocycles. The van der Waals surface area contributed by atoms with E-state index in [1.54, 1.807) is 12.1 Å². The molecule has 1 aromatic carbocycles. The van der Waals surface area contributed by atoms with Gasteiger partial charge in [-0.05, 0) is 18.2 Å². The van der Waals surface area contributed by atoms with Crippen molar-refractivity contribution in [3.63, 3.8) is 0 Å². The van der Waals surface area contributed by atoms with E-state index in [1.807, 2.05) is 0 Å². The van der Waals surface area contributed by atoms with E-state index in [0.29, 0.717) is 17.1 Å². The number of carbonyl (C=O) groups is 2. The Morgan fingerprint density at radius 1 is 1.21 bits per heavy atom. The number of methoxy groups -OCH3 is 2. The van der Waals surface area contributed by atoms with Crippen molar-refractivity contribution >= 4 is 11.8 Å². The Kier molecular flexibility index (Phi) is 5.60. The molecule has 19 heavy (non-hydrogen) atoms. The van der Waals surface area contributed by atoms with Crippen LogP contribution in [0.2, 0.25) is 0 Å². The highest BCUT2D eigenvalue weighted by Gasteiger charge is 2.15. The normalized spacial score (nSPS) is 9.58. The van der Waals surface area contributed by atoms with Crippen molar-refractivity contribution in [3.8, 4) is 11.5 Å². The van der Waals surface area contributed by atoms with Gasteiger partial charge in [0.2, 0.25) is 0 Å². The van der Waals surface area contributed by atoms with E-state index in [1.165, 1.54) is 26.4 Å². The quantitative estimate of drug-likeness (QED) is 0.326. The summed E-state index contributed by atoms with van der Waals surface area (Å²) in [6.45, 7) is 3.51. The fraction of sp³-hybridized carbons (Fsp3) is 0.286. The summed E-state index contributed by atoms with van der Waals surface area (Å²) in [5.41, 5.74) is 0.369. The molecule has 0 N–H and O–H groups in total. The summed E-state index contributed by atoms with van der Waals surface area (Å²) in [5, 5.41) is 0. The molecule has 0 spiro atoms. The van der Waals surface area contributed by atoms with Gasteiger partial charge in [0.25, 0.3) is 0 Å². The second kappa shape index (κ2) is 7.20. The highest BCUT2D eigenvalue weighted by atomic mass is 16.5. The third-order valence-corrected chi connectivity index (χ3v) is 2.37. The average molecular weight is 264 g/mol.